The monoisotopic (exact) mass is 296 g/mol. The molecule has 0 aliphatic carbocycles. The van der Waals surface area contributed by atoms with Crippen molar-refractivity contribution in [3.05, 3.63) is 59.6 Å². The summed E-state index contributed by atoms with van der Waals surface area (Å²) >= 11 is 1.58. The molecule has 1 unspecified atom stereocenters. The van der Waals surface area contributed by atoms with Gasteiger partial charge in [-0.1, -0.05) is 12.1 Å². The Morgan fingerprint density at radius 2 is 2.05 bits per heavy atom. The van der Waals surface area contributed by atoms with E-state index >= 15 is 0 Å². The molecule has 1 atom stereocenters. The molecular formula is C15H12N4OS. The first kappa shape index (κ1) is 12.4. The largest absolute Gasteiger partial charge is 0.386 e. The lowest BCUT2D eigenvalue weighted by atomic mass is 10.1. The normalized spacial score (nSPS) is 13.0. The van der Waals surface area contributed by atoms with Crippen molar-refractivity contribution in [2.75, 3.05) is 0 Å². The third-order valence-corrected chi connectivity index (χ3v) is 4.12. The first-order chi connectivity index (χ1) is 10.3. The van der Waals surface area contributed by atoms with Gasteiger partial charge < -0.3 is 5.11 Å². The summed E-state index contributed by atoms with van der Waals surface area (Å²) in [5.74, 6) is 0. The van der Waals surface area contributed by atoms with Crippen LogP contribution in [0.25, 0.3) is 16.0 Å². The lowest BCUT2D eigenvalue weighted by molar-refractivity contribution is 0.172. The molecule has 5 nitrogen and oxygen atoms in total. The van der Waals surface area contributed by atoms with Crippen LogP contribution in [0.1, 0.15) is 17.5 Å². The number of rotatable bonds is 3. The van der Waals surface area contributed by atoms with Gasteiger partial charge in [0, 0.05) is 24.2 Å². The van der Waals surface area contributed by atoms with Crippen molar-refractivity contribution in [3.8, 4) is 0 Å². The van der Waals surface area contributed by atoms with Gasteiger partial charge in [-0.05, 0) is 12.1 Å². The molecule has 0 saturated carbocycles. The molecule has 3 heterocycles. The third-order valence-electron chi connectivity index (χ3n) is 3.35. The van der Waals surface area contributed by atoms with Gasteiger partial charge in [0.2, 0.25) is 0 Å². The number of hydrogen-bond acceptors (Lipinski definition) is 5. The minimum absolute atomic E-state index is 0.432. The molecule has 1 N–H and O–H groups in total. The van der Waals surface area contributed by atoms with Gasteiger partial charge in [0.15, 0.2) is 4.96 Å². The summed E-state index contributed by atoms with van der Waals surface area (Å²) in [4.78, 5) is 14.2. The predicted octanol–water partition coefficient (Wildman–Crippen LogP) is 2.62. The molecule has 4 aromatic rings. The third kappa shape index (κ3) is 2.28. The summed E-state index contributed by atoms with van der Waals surface area (Å²) in [5, 5.41) is 12.3. The number of aromatic nitrogens is 4. The van der Waals surface area contributed by atoms with Crippen molar-refractivity contribution in [2.24, 2.45) is 0 Å². The Labute approximate surface area is 124 Å². The topological polar surface area (TPSA) is 63.3 Å². The molecule has 1 aromatic carbocycles. The van der Waals surface area contributed by atoms with Crippen molar-refractivity contribution in [2.45, 2.75) is 12.5 Å². The smallest absolute Gasteiger partial charge is 0.193 e. The summed E-state index contributed by atoms with van der Waals surface area (Å²) in [6, 6.07) is 7.63. The Kier molecular flexibility index (Phi) is 2.90. The molecule has 0 bridgehead atoms. The number of benzene rings is 1. The highest BCUT2D eigenvalue weighted by molar-refractivity contribution is 7.15. The van der Waals surface area contributed by atoms with Gasteiger partial charge in [-0.15, -0.1) is 11.3 Å². The van der Waals surface area contributed by atoms with Crippen LogP contribution in [0.3, 0.4) is 0 Å². The second kappa shape index (κ2) is 4.91. The molecule has 0 fully saturated rings. The molecule has 0 aliphatic heterocycles. The molecule has 0 aliphatic rings. The average molecular weight is 296 g/mol. The van der Waals surface area contributed by atoms with Gasteiger partial charge in [-0.3, -0.25) is 9.38 Å². The number of imidazole rings is 1. The van der Waals surface area contributed by atoms with E-state index in [1.807, 2.05) is 46.4 Å². The summed E-state index contributed by atoms with van der Waals surface area (Å²) in [5.41, 5.74) is 3.05. The average Bonchev–Trinajstić information content (AvgIpc) is 3.08. The van der Waals surface area contributed by atoms with Crippen LogP contribution in [0.5, 0.6) is 0 Å². The Morgan fingerprint density at radius 3 is 2.90 bits per heavy atom. The zero-order valence-corrected chi connectivity index (χ0v) is 11.9. The van der Waals surface area contributed by atoms with Gasteiger partial charge in [-0.25, -0.2) is 9.97 Å². The minimum atomic E-state index is -0.702. The van der Waals surface area contributed by atoms with E-state index in [1.165, 1.54) is 0 Å². The van der Waals surface area contributed by atoms with Crippen LogP contribution < -0.4 is 0 Å². The molecule has 104 valence electrons. The van der Waals surface area contributed by atoms with Crippen LogP contribution in [-0.2, 0) is 6.42 Å². The highest BCUT2D eigenvalue weighted by Gasteiger charge is 2.14. The number of fused-ring (bicyclic) bond motifs is 2. The number of hydrogen-bond donors (Lipinski definition) is 1. The molecule has 0 radical (unpaired) electrons. The van der Waals surface area contributed by atoms with Crippen molar-refractivity contribution in [1.29, 1.82) is 0 Å². The standard InChI is InChI=1S/C15H12N4OS/c20-14(7-10-9-19-5-6-21-15(19)17-10)13-8-16-11-3-1-2-4-12(11)18-13/h1-6,8-9,14,20H,7H2. The van der Waals surface area contributed by atoms with Crippen LogP contribution in [0.15, 0.2) is 48.2 Å². The zero-order chi connectivity index (χ0) is 14.2. The molecule has 0 spiro atoms. The Balaban J connectivity index is 1.63. The van der Waals surface area contributed by atoms with E-state index in [-0.39, 0.29) is 0 Å². The molecule has 4 rings (SSSR count). The SMILES string of the molecule is OC(Cc1cn2ccsc2n1)c1cnc2ccccc2n1. The van der Waals surface area contributed by atoms with Crippen molar-refractivity contribution < 1.29 is 5.11 Å². The molecule has 0 saturated heterocycles. The van der Waals surface area contributed by atoms with Crippen molar-refractivity contribution >= 4 is 27.3 Å². The Hall–Kier alpha value is -2.31. The van der Waals surface area contributed by atoms with Gasteiger partial charge in [0.1, 0.15) is 6.10 Å². The zero-order valence-electron chi connectivity index (χ0n) is 11.0. The Morgan fingerprint density at radius 1 is 1.19 bits per heavy atom. The second-order valence-electron chi connectivity index (χ2n) is 4.83. The maximum Gasteiger partial charge on any atom is 0.193 e. The second-order valence-corrected chi connectivity index (χ2v) is 5.70. The quantitative estimate of drug-likeness (QED) is 0.631. The molecular weight excluding hydrogens is 284 g/mol. The molecule has 3 aromatic heterocycles. The van der Waals surface area contributed by atoms with Crippen LogP contribution in [0.2, 0.25) is 0 Å². The highest BCUT2D eigenvalue weighted by Crippen LogP contribution is 2.19. The van der Waals surface area contributed by atoms with E-state index in [4.69, 9.17) is 0 Å². The summed E-state index contributed by atoms with van der Waals surface area (Å²) in [6.45, 7) is 0. The van der Waals surface area contributed by atoms with E-state index in [0.717, 1.165) is 21.7 Å². The number of aliphatic hydroxyl groups is 1. The van der Waals surface area contributed by atoms with E-state index in [1.54, 1.807) is 17.5 Å². The Bertz CT molecular complexity index is 885. The van der Waals surface area contributed by atoms with E-state index < -0.39 is 6.10 Å². The number of para-hydroxylation sites is 2. The van der Waals surface area contributed by atoms with Crippen molar-refractivity contribution in [3.63, 3.8) is 0 Å². The fourth-order valence-electron chi connectivity index (χ4n) is 2.31. The number of nitrogens with zero attached hydrogens (tertiary/aromatic N) is 4. The maximum atomic E-state index is 10.3. The maximum absolute atomic E-state index is 10.3. The van der Waals surface area contributed by atoms with E-state index in [0.29, 0.717) is 12.1 Å². The van der Waals surface area contributed by atoms with Crippen LogP contribution in [0, 0.1) is 0 Å². The van der Waals surface area contributed by atoms with Gasteiger partial charge in [0.05, 0.1) is 28.6 Å². The number of thiazole rings is 1. The van der Waals surface area contributed by atoms with Crippen molar-refractivity contribution in [1.82, 2.24) is 19.4 Å². The van der Waals surface area contributed by atoms with Crippen LogP contribution in [-0.4, -0.2) is 24.5 Å². The van der Waals surface area contributed by atoms with Crippen LogP contribution >= 0.6 is 11.3 Å². The number of aliphatic hydroxyl groups excluding tert-OH is 1. The van der Waals surface area contributed by atoms with Gasteiger partial charge in [-0.2, -0.15) is 0 Å². The fraction of sp³-hybridized carbons (Fsp3) is 0.133. The van der Waals surface area contributed by atoms with Gasteiger partial charge in [0.25, 0.3) is 0 Å². The molecule has 0 amide bonds. The first-order valence-corrected chi connectivity index (χ1v) is 7.48. The molecule has 21 heavy (non-hydrogen) atoms. The lowest BCUT2D eigenvalue weighted by Crippen LogP contribution is -2.05. The first-order valence-electron chi connectivity index (χ1n) is 6.60. The van der Waals surface area contributed by atoms with E-state index in [2.05, 4.69) is 15.0 Å². The van der Waals surface area contributed by atoms with Gasteiger partial charge >= 0.3 is 0 Å². The molecule has 6 heteroatoms. The highest BCUT2D eigenvalue weighted by atomic mass is 32.1. The summed E-state index contributed by atoms with van der Waals surface area (Å²) < 4.78 is 1.96. The predicted molar refractivity (Wildman–Crippen MR) is 81.3 cm³/mol. The lowest BCUT2D eigenvalue weighted by Gasteiger charge is -2.08. The fourth-order valence-corrected chi connectivity index (χ4v) is 3.03. The van der Waals surface area contributed by atoms with Crippen LogP contribution in [0.4, 0.5) is 0 Å². The minimum Gasteiger partial charge on any atom is -0.386 e. The summed E-state index contributed by atoms with van der Waals surface area (Å²) in [7, 11) is 0. The van der Waals surface area contributed by atoms with E-state index in [9.17, 15) is 5.11 Å². The summed E-state index contributed by atoms with van der Waals surface area (Å²) in [6.07, 6.45) is 5.25.